The van der Waals surface area contributed by atoms with Crippen LogP contribution in [0.1, 0.15) is 5.89 Å². The van der Waals surface area contributed by atoms with Gasteiger partial charge in [0.2, 0.25) is 11.7 Å². The molecule has 18 heavy (non-hydrogen) atoms. The number of pyridine rings is 1. The first kappa shape index (κ1) is 12.7. The van der Waals surface area contributed by atoms with E-state index in [9.17, 15) is 0 Å². The normalized spacial score (nSPS) is 12.6. The summed E-state index contributed by atoms with van der Waals surface area (Å²) in [5, 5.41) is 7.07. The number of rotatable bonds is 6. The van der Waals surface area contributed by atoms with E-state index in [0.717, 1.165) is 5.56 Å². The van der Waals surface area contributed by atoms with Gasteiger partial charge in [0.1, 0.15) is 0 Å². The van der Waals surface area contributed by atoms with Gasteiger partial charge in [-0.2, -0.15) is 4.98 Å². The van der Waals surface area contributed by atoms with Gasteiger partial charge < -0.3 is 14.6 Å². The smallest absolute Gasteiger partial charge is 0.228 e. The van der Waals surface area contributed by atoms with Crippen molar-refractivity contribution in [3.05, 3.63) is 30.4 Å². The highest BCUT2D eigenvalue weighted by Crippen LogP contribution is 2.14. The molecule has 0 aliphatic heterocycles. The zero-order valence-electron chi connectivity index (χ0n) is 10.5. The van der Waals surface area contributed by atoms with Crippen molar-refractivity contribution in [2.45, 2.75) is 12.5 Å². The third-order valence-electron chi connectivity index (χ3n) is 2.58. The molecule has 2 heterocycles. The Balaban J connectivity index is 2.06. The Bertz CT molecular complexity index is 472. The molecule has 0 spiro atoms. The van der Waals surface area contributed by atoms with Crippen LogP contribution in [-0.4, -0.2) is 41.9 Å². The largest absolute Gasteiger partial charge is 0.383 e. The van der Waals surface area contributed by atoms with Crippen molar-refractivity contribution in [3.63, 3.8) is 0 Å². The first-order valence-corrected chi connectivity index (χ1v) is 5.72. The summed E-state index contributed by atoms with van der Waals surface area (Å²) in [5.41, 5.74) is 0.847. The second-order valence-electron chi connectivity index (χ2n) is 3.90. The summed E-state index contributed by atoms with van der Waals surface area (Å²) < 4.78 is 10.3. The van der Waals surface area contributed by atoms with Crippen LogP contribution in [0.2, 0.25) is 0 Å². The van der Waals surface area contributed by atoms with Gasteiger partial charge in [-0.15, -0.1) is 0 Å². The lowest BCUT2D eigenvalue weighted by Crippen LogP contribution is -2.32. The first-order chi connectivity index (χ1) is 8.83. The van der Waals surface area contributed by atoms with Crippen molar-refractivity contribution in [2.24, 2.45) is 0 Å². The van der Waals surface area contributed by atoms with Crippen LogP contribution in [-0.2, 0) is 11.2 Å². The minimum atomic E-state index is 0.164. The molecule has 0 fully saturated rings. The lowest BCUT2D eigenvalue weighted by atomic mass is 10.2. The van der Waals surface area contributed by atoms with Crippen LogP contribution in [0.4, 0.5) is 0 Å². The summed E-state index contributed by atoms with van der Waals surface area (Å²) in [6.45, 7) is 0.598. The maximum Gasteiger partial charge on any atom is 0.228 e. The van der Waals surface area contributed by atoms with Gasteiger partial charge in [-0.1, -0.05) is 5.16 Å². The van der Waals surface area contributed by atoms with E-state index in [-0.39, 0.29) is 6.04 Å². The van der Waals surface area contributed by atoms with Crippen molar-refractivity contribution in [1.29, 1.82) is 0 Å². The van der Waals surface area contributed by atoms with Crippen LogP contribution in [0.3, 0.4) is 0 Å². The average Bonchev–Trinajstić information content (AvgIpc) is 2.88. The predicted octanol–water partition coefficient (Wildman–Crippen LogP) is 0.908. The Morgan fingerprint density at radius 2 is 2.39 bits per heavy atom. The first-order valence-electron chi connectivity index (χ1n) is 5.72. The molecule has 2 aromatic heterocycles. The molecule has 0 aromatic carbocycles. The lowest BCUT2D eigenvalue weighted by Gasteiger charge is -2.11. The van der Waals surface area contributed by atoms with E-state index in [1.807, 2.05) is 19.2 Å². The molecular weight excluding hydrogens is 232 g/mol. The highest BCUT2D eigenvalue weighted by molar-refractivity contribution is 5.51. The van der Waals surface area contributed by atoms with E-state index in [1.54, 1.807) is 19.5 Å². The fourth-order valence-corrected chi connectivity index (χ4v) is 1.61. The van der Waals surface area contributed by atoms with E-state index in [1.165, 1.54) is 0 Å². The second kappa shape index (κ2) is 6.23. The van der Waals surface area contributed by atoms with Crippen molar-refractivity contribution in [3.8, 4) is 11.4 Å². The van der Waals surface area contributed by atoms with Crippen molar-refractivity contribution in [2.75, 3.05) is 20.8 Å². The molecule has 1 atom stereocenters. The van der Waals surface area contributed by atoms with Gasteiger partial charge in [-0.05, 0) is 19.2 Å². The number of ether oxygens (including phenoxy) is 1. The standard InChI is InChI=1S/C12H16N4O2/c1-13-10(8-17-2)6-11-15-12(16-18-11)9-4-3-5-14-7-9/h3-5,7,10,13H,6,8H2,1-2H3. The van der Waals surface area contributed by atoms with E-state index in [4.69, 9.17) is 9.26 Å². The molecule has 0 saturated heterocycles. The summed E-state index contributed by atoms with van der Waals surface area (Å²) >= 11 is 0. The third kappa shape index (κ3) is 3.12. The van der Waals surface area contributed by atoms with Gasteiger partial charge in [0.15, 0.2) is 0 Å². The molecule has 6 heteroatoms. The van der Waals surface area contributed by atoms with Gasteiger partial charge in [-0.25, -0.2) is 0 Å². The number of methoxy groups -OCH3 is 1. The molecule has 0 bridgehead atoms. The van der Waals surface area contributed by atoms with Crippen molar-refractivity contribution >= 4 is 0 Å². The SMILES string of the molecule is CNC(COC)Cc1nc(-c2cccnc2)no1. The Morgan fingerprint density at radius 3 is 3.06 bits per heavy atom. The minimum Gasteiger partial charge on any atom is -0.383 e. The van der Waals surface area contributed by atoms with Crippen LogP contribution in [0.15, 0.2) is 29.0 Å². The molecule has 2 rings (SSSR count). The number of aromatic nitrogens is 3. The molecule has 0 saturated carbocycles. The number of likely N-dealkylation sites (N-methyl/N-ethyl adjacent to an activating group) is 1. The van der Waals surface area contributed by atoms with Crippen molar-refractivity contribution < 1.29 is 9.26 Å². The molecule has 96 valence electrons. The molecule has 0 amide bonds. The van der Waals surface area contributed by atoms with E-state index in [0.29, 0.717) is 24.7 Å². The van der Waals surface area contributed by atoms with Gasteiger partial charge in [0.05, 0.1) is 6.61 Å². The molecule has 1 unspecified atom stereocenters. The number of nitrogens with zero attached hydrogens (tertiary/aromatic N) is 3. The Hall–Kier alpha value is -1.79. The maximum absolute atomic E-state index is 5.21. The zero-order chi connectivity index (χ0) is 12.8. The van der Waals surface area contributed by atoms with Gasteiger partial charge in [0, 0.05) is 37.5 Å². The fourth-order valence-electron chi connectivity index (χ4n) is 1.61. The highest BCUT2D eigenvalue weighted by atomic mass is 16.5. The number of hydrogen-bond donors (Lipinski definition) is 1. The van der Waals surface area contributed by atoms with Gasteiger partial charge in [0.25, 0.3) is 0 Å². The van der Waals surface area contributed by atoms with Crippen LogP contribution >= 0.6 is 0 Å². The third-order valence-corrected chi connectivity index (χ3v) is 2.58. The van der Waals surface area contributed by atoms with Crippen LogP contribution < -0.4 is 5.32 Å². The molecule has 0 aliphatic rings. The molecule has 6 nitrogen and oxygen atoms in total. The molecule has 1 N–H and O–H groups in total. The Kier molecular flexibility index (Phi) is 4.38. The van der Waals surface area contributed by atoms with E-state index >= 15 is 0 Å². The van der Waals surface area contributed by atoms with Gasteiger partial charge in [-0.3, -0.25) is 4.98 Å². The Labute approximate surface area is 105 Å². The van der Waals surface area contributed by atoms with E-state index < -0.39 is 0 Å². The predicted molar refractivity (Wildman–Crippen MR) is 66.0 cm³/mol. The molecular formula is C12H16N4O2. The average molecular weight is 248 g/mol. The van der Waals surface area contributed by atoms with Crippen LogP contribution in [0.25, 0.3) is 11.4 Å². The monoisotopic (exact) mass is 248 g/mol. The summed E-state index contributed by atoms with van der Waals surface area (Å²) in [6.07, 6.45) is 4.05. The highest BCUT2D eigenvalue weighted by Gasteiger charge is 2.13. The second-order valence-corrected chi connectivity index (χ2v) is 3.90. The summed E-state index contributed by atoms with van der Waals surface area (Å²) in [5.74, 6) is 1.15. The van der Waals surface area contributed by atoms with Crippen LogP contribution in [0.5, 0.6) is 0 Å². The maximum atomic E-state index is 5.21. The van der Waals surface area contributed by atoms with Crippen LogP contribution in [0, 0.1) is 0 Å². The number of hydrogen-bond acceptors (Lipinski definition) is 6. The summed E-state index contributed by atoms with van der Waals surface area (Å²) in [4.78, 5) is 8.36. The fraction of sp³-hybridized carbons (Fsp3) is 0.417. The molecule has 0 radical (unpaired) electrons. The summed E-state index contributed by atoms with van der Waals surface area (Å²) in [7, 11) is 3.54. The van der Waals surface area contributed by atoms with Gasteiger partial charge >= 0.3 is 0 Å². The summed E-state index contributed by atoms with van der Waals surface area (Å²) in [6, 6.07) is 3.90. The minimum absolute atomic E-state index is 0.164. The van der Waals surface area contributed by atoms with E-state index in [2.05, 4.69) is 20.4 Å². The lowest BCUT2D eigenvalue weighted by molar-refractivity contribution is 0.165. The quantitative estimate of drug-likeness (QED) is 0.819. The zero-order valence-corrected chi connectivity index (χ0v) is 10.5. The van der Waals surface area contributed by atoms with Crippen molar-refractivity contribution in [1.82, 2.24) is 20.4 Å². The topological polar surface area (TPSA) is 73.1 Å². The molecule has 0 aliphatic carbocycles. The number of nitrogens with one attached hydrogen (secondary N) is 1. The molecule has 2 aromatic rings. The Morgan fingerprint density at radius 1 is 1.50 bits per heavy atom.